The average molecular weight is 240 g/mol. The Balaban J connectivity index is 3.35. The number of carbonyl (C=O) groups excluding carboxylic acids is 1. The normalized spacial score (nSPS) is 14.6. The first kappa shape index (κ1) is 13.1. The van der Waals surface area contributed by atoms with Gasteiger partial charge in [-0.2, -0.15) is 0 Å². The monoisotopic (exact) mass is 240 g/mol. The summed E-state index contributed by atoms with van der Waals surface area (Å²) in [7, 11) is -3.69. The van der Waals surface area contributed by atoms with E-state index < -0.39 is 12.9 Å². The van der Waals surface area contributed by atoms with Crippen LogP contribution in [-0.2, 0) is 4.57 Å². The van der Waals surface area contributed by atoms with Crippen LogP contribution in [0.2, 0.25) is 0 Å². The molecule has 0 aliphatic rings. The molecule has 0 aliphatic heterocycles. The lowest BCUT2D eigenvalue weighted by atomic mass is 10.0. The summed E-state index contributed by atoms with van der Waals surface area (Å²) in [5, 5.41) is 0. The summed E-state index contributed by atoms with van der Waals surface area (Å²) in [5.41, 5.74) is 2.37. The van der Waals surface area contributed by atoms with Crippen LogP contribution in [0.15, 0.2) is 12.1 Å². The Kier molecular flexibility index (Phi) is 3.72. The van der Waals surface area contributed by atoms with Gasteiger partial charge in [-0.05, 0) is 31.9 Å². The predicted molar refractivity (Wildman–Crippen MR) is 65.3 cm³/mol. The highest BCUT2D eigenvalue weighted by molar-refractivity contribution is 7.76. The number of hydrogen-bond acceptors (Lipinski definition) is 2. The minimum absolute atomic E-state index is 0.0153. The Morgan fingerprint density at radius 1 is 1.25 bits per heavy atom. The molecule has 1 atom stereocenters. The van der Waals surface area contributed by atoms with Gasteiger partial charge in [-0.1, -0.05) is 24.6 Å². The maximum atomic E-state index is 11.9. The van der Waals surface area contributed by atoms with Crippen molar-refractivity contribution in [3.8, 4) is 0 Å². The molecule has 0 saturated heterocycles. The quantitative estimate of drug-likeness (QED) is 0.826. The molecule has 0 radical (unpaired) electrons. The third kappa shape index (κ3) is 2.42. The number of aryl methyl sites for hydroxylation is 3. The molecule has 0 saturated carbocycles. The fourth-order valence-corrected chi connectivity index (χ4v) is 2.82. The van der Waals surface area contributed by atoms with Gasteiger partial charge in [0.15, 0.2) is 0 Å². The predicted octanol–water partition coefficient (Wildman–Crippen LogP) is 3.04. The summed E-state index contributed by atoms with van der Waals surface area (Å²) in [6.07, 6.45) is -0.0153. The molecule has 1 N–H and O–H groups in total. The molecule has 16 heavy (non-hydrogen) atoms. The van der Waals surface area contributed by atoms with E-state index in [-0.39, 0.29) is 6.16 Å². The Hall–Kier alpha value is -0.920. The van der Waals surface area contributed by atoms with Crippen LogP contribution in [0.3, 0.4) is 0 Å². The number of benzene rings is 1. The highest BCUT2D eigenvalue weighted by Gasteiger charge is 2.30. The second kappa shape index (κ2) is 4.52. The Labute approximate surface area is 96.0 Å². The summed E-state index contributed by atoms with van der Waals surface area (Å²) in [6.45, 7) is 7.08. The maximum Gasteiger partial charge on any atom is 0.268 e. The van der Waals surface area contributed by atoms with Crippen molar-refractivity contribution in [3.05, 3.63) is 34.4 Å². The molecular weight excluding hydrogens is 223 g/mol. The van der Waals surface area contributed by atoms with Crippen molar-refractivity contribution in [1.82, 2.24) is 0 Å². The Bertz CT molecular complexity index is 454. The van der Waals surface area contributed by atoms with Crippen LogP contribution in [-0.4, -0.2) is 16.6 Å². The zero-order valence-corrected chi connectivity index (χ0v) is 11.0. The lowest BCUT2D eigenvalue weighted by Crippen LogP contribution is -2.07. The standard InChI is InChI=1S/C12H17O3P/c1-5-16(14,15)12(13)11-9(3)6-8(2)7-10(11)4/h6-7H,5H2,1-4H3,(H,14,15). The van der Waals surface area contributed by atoms with Gasteiger partial charge in [-0.15, -0.1) is 0 Å². The molecule has 0 aliphatic carbocycles. The summed E-state index contributed by atoms with van der Waals surface area (Å²) >= 11 is 0. The first-order valence-electron chi connectivity index (χ1n) is 5.24. The molecule has 1 rings (SSSR count). The van der Waals surface area contributed by atoms with Gasteiger partial charge in [-0.3, -0.25) is 9.36 Å². The van der Waals surface area contributed by atoms with E-state index in [2.05, 4.69) is 0 Å². The zero-order valence-electron chi connectivity index (χ0n) is 10.1. The van der Waals surface area contributed by atoms with Crippen molar-refractivity contribution in [2.24, 2.45) is 0 Å². The molecule has 0 heterocycles. The smallest absolute Gasteiger partial charge is 0.268 e. The molecule has 0 spiro atoms. The molecule has 3 nitrogen and oxygen atoms in total. The third-order valence-electron chi connectivity index (χ3n) is 2.64. The molecule has 88 valence electrons. The number of rotatable bonds is 3. The zero-order chi connectivity index (χ0) is 12.5. The molecule has 1 aromatic carbocycles. The highest BCUT2D eigenvalue weighted by atomic mass is 31.2. The van der Waals surface area contributed by atoms with E-state index in [1.807, 2.05) is 19.1 Å². The topological polar surface area (TPSA) is 54.4 Å². The van der Waals surface area contributed by atoms with Crippen LogP contribution >= 0.6 is 7.37 Å². The first-order valence-corrected chi connectivity index (χ1v) is 7.08. The van der Waals surface area contributed by atoms with E-state index in [1.54, 1.807) is 20.8 Å². The largest absolute Gasteiger partial charge is 0.339 e. The van der Waals surface area contributed by atoms with Crippen molar-refractivity contribution in [1.29, 1.82) is 0 Å². The van der Waals surface area contributed by atoms with E-state index in [0.717, 1.165) is 16.7 Å². The van der Waals surface area contributed by atoms with Gasteiger partial charge in [0.05, 0.1) is 0 Å². The van der Waals surface area contributed by atoms with E-state index in [1.165, 1.54) is 0 Å². The van der Waals surface area contributed by atoms with Gasteiger partial charge in [0.1, 0.15) is 0 Å². The second-order valence-corrected chi connectivity index (χ2v) is 6.54. The third-order valence-corrected chi connectivity index (χ3v) is 4.35. The van der Waals surface area contributed by atoms with Gasteiger partial charge in [0, 0.05) is 11.7 Å². The first-order chi connectivity index (χ1) is 7.29. The summed E-state index contributed by atoms with van der Waals surface area (Å²) < 4.78 is 11.7. The minimum atomic E-state index is -3.69. The van der Waals surface area contributed by atoms with Crippen LogP contribution in [0.4, 0.5) is 0 Å². The fourth-order valence-electron chi connectivity index (χ4n) is 1.84. The van der Waals surface area contributed by atoms with Crippen molar-refractivity contribution >= 4 is 12.9 Å². The average Bonchev–Trinajstić information content (AvgIpc) is 2.15. The van der Waals surface area contributed by atoms with Gasteiger partial charge in [0.25, 0.3) is 7.37 Å². The molecule has 4 heteroatoms. The van der Waals surface area contributed by atoms with Crippen molar-refractivity contribution in [3.63, 3.8) is 0 Å². The Morgan fingerprint density at radius 2 is 1.69 bits per heavy atom. The van der Waals surface area contributed by atoms with E-state index in [4.69, 9.17) is 0 Å². The fraction of sp³-hybridized carbons (Fsp3) is 0.417. The van der Waals surface area contributed by atoms with Crippen LogP contribution in [0, 0.1) is 20.8 Å². The van der Waals surface area contributed by atoms with E-state index in [9.17, 15) is 14.3 Å². The van der Waals surface area contributed by atoms with Gasteiger partial charge in [0.2, 0.25) is 5.52 Å². The minimum Gasteiger partial charge on any atom is -0.339 e. The van der Waals surface area contributed by atoms with Gasteiger partial charge < -0.3 is 4.89 Å². The maximum absolute atomic E-state index is 11.9. The summed E-state index contributed by atoms with van der Waals surface area (Å²) in [5.74, 6) is 0. The van der Waals surface area contributed by atoms with Crippen molar-refractivity contribution < 1.29 is 14.3 Å². The van der Waals surface area contributed by atoms with Crippen molar-refractivity contribution in [2.45, 2.75) is 27.7 Å². The summed E-state index contributed by atoms with van der Waals surface area (Å²) in [4.78, 5) is 21.5. The molecule has 0 aromatic heterocycles. The second-order valence-electron chi connectivity index (χ2n) is 4.10. The molecule has 0 amide bonds. The SMILES string of the molecule is CCP(=O)(O)C(=O)c1c(C)cc(C)cc1C. The summed E-state index contributed by atoms with van der Waals surface area (Å²) in [6, 6.07) is 3.71. The molecule has 1 aromatic rings. The number of carbonyl (C=O) groups is 1. The van der Waals surface area contributed by atoms with Crippen LogP contribution < -0.4 is 0 Å². The molecular formula is C12H17O3P. The van der Waals surface area contributed by atoms with Crippen molar-refractivity contribution in [2.75, 3.05) is 6.16 Å². The van der Waals surface area contributed by atoms with Crippen LogP contribution in [0.1, 0.15) is 34.0 Å². The van der Waals surface area contributed by atoms with Gasteiger partial charge >= 0.3 is 0 Å². The Morgan fingerprint density at radius 3 is 2.06 bits per heavy atom. The van der Waals surface area contributed by atoms with Gasteiger partial charge in [-0.25, -0.2) is 0 Å². The number of hydrogen-bond donors (Lipinski definition) is 1. The van der Waals surface area contributed by atoms with E-state index >= 15 is 0 Å². The lowest BCUT2D eigenvalue weighted by molar-refractivity contribution is 0.106. The lowest BCUT2D eigenvalue weighted by Gasteiger charge is -2.13. The molecule has 1 unspecified atom stereocenters. The molecule has 0 bridgehead atoms. The van der Waals surface area contributed by atoms with Crippen LogP contribution in [0.5, 0.6) is 0 Å². The molecule has 0 fully saturated rings. The van der Waals surface area contributed by atoms with Crippen LogP contribution in [0.25, 0.3) is 0 Å². The van der Waals surface area contributed by atoms with E-state index in [0.29, 0.717) is 5.56 Å². The highest BCUT2D eigenvalue weighted by Crippen LogP contribution is 2.44.